The van der Waals surface area contributed by atoms with Crippen molar-refractivity contribution >= 4 is 5.91 Å². The molecule has 1 heterocycles. The van der Waals surface area contributed by atoms with Gasteiger partial charge in [0, 0.05) is 19.2 Å². The molecule has 1 aromatic carbocycles. The Morgan fingerprint density at radius 3 is 2.86 bits per heavy atom. The van der Waals surface area contributed by atoms with Crippen LogP contribution in [0, 0.1) is 12.8 Å². The van der Waals surface area contributed by atoms with Crippen LogP contribution < -0.4 is 0 Å². The predicted molar refractivity (Wildman–Crippen MR) is 81.8 cm³/mol. The Labute approximate surface area is 129 Å². The van der Waals surface area contributed by atoms with Crippen molar-refractivity contribution in [3.63, 3.8) is 0 Å². The zero-order chi connectivity index (χ0) is 15.7. The van der Waals surface area contributed by atoms with Crippen molar-refractivity contribution in [2.45, 2.75) is 25.9 Å². The number of aromatic nitrogens is 3. The van der Waals surface area contributed by atoms with Crippen LogP contribution in [0.1, 0.15) is 28.8 Å². The van der Waals surface area contributed by atoms with E-state index < -0.39 is 6.10 Å². The first-order valence-electron chi connectivity index (χ1n) is 7.45. The number of carbonyl (C=O) groups excluding carboxylic acids is 1. The topological polar surface area (TPSA) is 71.2 Å². The van der Waals surface area contributed by atoms with Crippen LogP contribution in [0.4, 0.5) is 0 Å². The summed E-state index contributed by atoms with van der Waals surface area (Å²) in [5.74, 6) is 0.299. The SMILES string of the molecule is Cc1cc(-n2cncn2)ccc1C(=O)N(C)CC(O)C1CC1. The van der Waals surface area contributed by atoms with Crippen LogP contribution >= 0.6 is 0 Å². The highest BCUT2D eigenvalue weighted by molar-refractivity contribution is 5.95. The summed E-state index contributed by atoms with van der Waals surface area (Å²) in [6.45, 7) is 2.28. The third-order valence-corrected chi connectivity index (χ3v) is 4.10. The number of nitrogens with zero attached hydrogens (tertiary/aromatic N) is 4. The molecular weight excluding hydrogens is 280 g/mol. The van der Waals surface area contributed by atoms with E-state index in [1.807, 2.05) is 19.1 Å². The molecule has 1 amide bonds. The molecule has 1 N–H and O–H groups in total. The monoisotopic (exact) mass is 300 g/mol. The maximum absolute atomic E-state index is 12.5. The molecule has 1 unspecified atom stereocenters. The zero-order valence-corrected chi connectivity index (χ0v) is 12.8. The van der Waals surface area contributed by atoms with Crippen molar-refractivity contribution in [3.8, 4) is 5.69 Å². The minimum atomic E-state index is -0.413. The number of benzene rings is 1. The Balaban J connectivity index is 1.74. The summed E-state index contributed by atoms with van der Waals surface area (Å²) in [4.78, 5) is 18.0. The van der Waals surface area contributed by atoms with E-state index in [0.29, 0.717) is 18.0 Å². The van der Waals surface area contributed by atoms with E-state index >= 15 is 0 Å². The Bertz CT molecular complexity index is 665. The lowest BCUT2D eigenvalue weighted by molar-refractivity contribution is 0.0644. The molecule has 116 valence electrons. The van der Waals surface area contributed by atoms with Crippen molar-refractivity contribution in [2.75, 3.05) is 13.6 Å². The normalized spacial score (nSPS) is 15.6. The fraction of sp³-hybridized carbons (Fsp3) is 0.438. The molecule has 1 fully saturated rings. The standard InChI is InChI=1S/C16H20N4O2/c1-11-7-13(20-10-17-9-18-20)5-6-14(11)16(22)19(2)8-15(21)12-3-4-12/h5-7,9-10,12,15,21H,3-4,8H2,1-2H3. The van der Waals surface area contributed by atoms with Gasteiger partial charge in [0.15, 0.2) is 0 Å². The van der Waals surface area contributed by atoms with E-state index in [1.54, 1.807) is 29.0 Å². The number of aliphatic hydroxyl groups is 1. The van der Waals surface area contributed by atoms with Crippen LogP contribution in [0.5, 0.6) is 0 Å². The van der Waals surface area contributed by atoms with Crippen LogP contribution in [-0.4, -0.2) is 50.4 Å². The first-order valence-corrected chi connectivity index (χ1v) is 7.45. The van der Waals surface area contributed by atoms with E-state index in [1.165, 1.54) is 6.33 Å². The smallest absolute Gasteiger partial charge is 0.253 e. The van der Waals surface area contributed by atoms with Crippen LogP contribution in [0.3, 0.4) is 0 Å². The molecule has 22 heavy (non-hydrogen) atoms. The Kier molecular flexibility index (Phi) is 3.94. The Morgan fingerprint density at radius 1 is 1.50 bits per heavy atom. The van der Waals surface area contributed by atoms with Crippen LogP contribution in [0.2, 0.25) is 0 Å². The number of aliphatic hydroxyl groups excluding tert-OH is 1. The minimum Gasteiger partial charge on any atom is -0.391 e. The van der Waals surface area contributed by atoms with Crippen molar-refractivity contribution in [1.82, 2.24) is 19.7 Å². The van der Waals surface area contributed by atoms with E-state index in [4.69, 9.17) is 0 Å². The number of hydrogen-bond donors (Lipinski definition) is 1. The molecular formula is C16H20N4O2. The molecule has 1 aliphatic rings. The average Bonchev–Trinajstić information content (AvgIpc) is 3.21. The molecule has 3 rings (SSSR count). The van der Waals surface area contributed by atoms with Crippen LogP contribution in [-0.2, 0) is 0 Å². The zero-order valence-electron chi connectivity index (χ0n) is 12.8. The van der Waals surface area contributed by atoms with E-state index in [-0.39, 0.29) is 5.91 Å². The number of hydrogen-bond acceptors (Lipinski definition) is 4. The highest BCUT2D eigenvalue weighted by Gasteiger charge is 2.31. The lowest BCUT2D eigenvalue weighted by Crippen LogP contribution is -2.35. The number of carbonyl (C=O) groups is 1. The number of rotatable bonds is 5. The highest BCUT2D eigenvalue weighted by Crippen LogP contribution is 2.32. The second-order valence-electron chi connectivity index (χ2n) is 5.93. The van der Waals surface area contributed by atoms with Gasteiger partial charge in [-0.1, -0.05) is 0 Å². The number of aryl methyl sites for hydroxylation is 1. The van der Waals surface area contributed by atoms with Gasteiger partial charge in [0.2, 0.25) is 0 Å². The molecule has 2 aromatic rings. The van der Waals surface area contributed by atoms with Gasteiger partial charge in [0.1, 0.15) is 12.7 Å². The quantitative estimate of drug-likeness (QED) is 0.906. The van der Waals surface area contributed by atoms with Crippen LogP contribution in [0.25, 0.3) is 5.69 Å². The first-order chi connectivity index (χ1) is 10.6. The molecule has 1 saturated carbocycles. The summed E-state index contributed by atoms with van der Waals surface area (Å²) < 4.78 is 1.65. The van der Waals surface area contributed by atoms with Gasteiger partial charge in [0.05, 0.1) is 11.8 Å². The second-order valence-corrected chi connectivity index (χ2v) is 5.93. The maximum atomic E-state index is 12.5. The minimum absolute atomic E-state index is 0.0673. The molecule has 1 atom stereocenters. The third kappa shape index (κ3) is 3.01. The van der Waals surface area contributed by atoms with Gasteiger partial charge in [0.25, 0.3) is 5.91 Å². The Hall–Kier alpha value is -2.21. The summed E-state index contributed by atoms with van der Waals surface area (Å²) in [6, 6.07) is 5.56. The van der Waals surface area contributed by atoms with Crippen molar-refractivity contribution in [2.24, 2.45) is 5.92 Å². The summed E-state index contributed by atoms with van der Waals surface area (Å²) in [5, 5.41) is 14.1. The highest BCUT2D eigenvalue weighted by atomic mass is 16.3. The fourth-order valence-electron chi connectivity index (χ4n) is 2.57. The molecule has 1 aromatic heterocycles. The van der Waals surface area contributed by atoms with Crippen molar-refractivity contribution < 1.29 is 9.90 Å². The molecule has 1 aliphatic carbocycles. The largest absolute Gasteiger partial charge is 0.391 e. The lowest BCUT2D eigenvalue weighted by Gasteiger charge is -2.21. The summed E-state index contributed by atoms with van der Waals surface area (Å²) in [5.41, 5.74) is 2.40. The number of likely N-dealkylation sites (N-methyl/N-ethyl adjacent to an activating group) is 1. The molecule has 0 saturated heterocycles. The summed E-state index contributed by atoms with van der Waals surface area (Å²) >= 11 is 0. The van der Waals surface area contributed by atoms with Gasteiger partial charge in [-0.05, 0) is 49.4 Å². The second kappa shape index (κ2) is 5.88. The predicted octanol–water partition coefficient (Wildman–Crippen LogP) is 1.42. The Morgan fingerprint density at radius 2 is 2.27 bits per heavy atom. The van der Waals surface area contributed by atoms with E-state index in [0.717, 1.165) is 24.1 Å². The fourth-order valence-corrected chi connectivity index (χ4v) is 2.57. The van der Waals surface area contributed by atoms with Gasteiger partial charge in [-0.25, -0.2) is 9.67 Å². The number of amides is 1. The van der Waals surface area contributed by atoms with Gasteiger partial charge in [-0.2, -0.15) is 5.10 Å². The molecule has 0 aliphatic heterocycles. The lowest BCUT2D eigenvalue weighted by atomic mass is 10.1. The summed E-state index contributed by atoms with van der Waals surface area (Å²) in [7, 11) is 1.73. The van der Waals surface area contributed by atoms with Crippen molar-refractivity contribution in [3.05, 3.63) is 42.0 Å². The van der Waals surface area contributed by atoms with Crippen molar-refractivity contribution in [1.29, 1.82) is 0 Å². The summed E-state index contributed by atoms with van der Waals surface area (Å²) in [6.07, 6.45) is 4.81. The third-order valence-electron chi connectivity index (χ3n) is 4.10. The van der Waals surface area contributed by atoms with Gasteiger partial charge < -0.3 is 10.0 Å². The van der Waals surface area contributed by atoms with Crippen LogP contribution in [0.15, 0.2) is 30.9 Å². The van der Waals surface area contributed by atoms with Gasteiger partial charge in [-0.15, -0.1) is 0 Å². The molecule has 6 nitrogen and oxygen atoms in total. The van der Waals surface area contributed by atoms with E-state index in [2.05, 4.69) is 10.1 Å². The molecule has 0 bridgehead atoms. The van der Waals surface area contributed by atoms with Gasteiger partial charge in [-0.3, -0.25) is 4.79 Å². The average molecular weight is 300 g/mol. The first kappa shape index (κ1) is 14.7. The molecule has 0 spiro atoms. The molecule has 0 radical (unpaired) electrons. The van der Waals surface area contributed by atoms with Gasteiger partial charge >= 0.3 is 0 Å². The molecule has 6 heteroatoms. The maximum Gasteiger partial charge on any atom is 0.253 e. The van der Waals surface area contributed by atoms with E-state index in [9.17, 15) is 9.90 Å².